The molecule has 0 N–H and O–H groups in total. The first kappa shape index (κ1) is 10.8. The molecule has 0 bridgehead atoms. The van der Waals surface area contributed by atoms with E-state index in [0.29, 0.717) is 4.64 Å². The highest BCUT2D eigenvalue weighted by molar-refractivity contribution is 7.71. The van der Waals surface area contributed by atoms with Crippen molar-refractivity contribution >= 4 is 12.2 Å². The van der Waals surface area contributed by atoms with E-state index < -0.39 is 0 Å². The zero-order valence-electron chi connectivity index (χ0n) is 9.18. The SMILES string of the molecule is Cn1c(-c2ccccc2)cc(=S)n(C)c1=O. The van der Waals surface area contributed by atoms with Crippen LogP contribution >= 0.6 is 12.2 Å². The van der Waals surface area contributed by atoms with E-state index in [9.17, 15) is 4.79 Å². The number of nitrogens with zero attached hydrogens (tertiary/aromatic N) is 2. The summed E-state index contributed by atoms with van der Waals surface area (Å²) in [4.78, 5) is 11.8. The number of rotatable bonds is 1. The molecule has 0 radical (unpaired) electrons. The fourth-order valence-corrected chi connectivity index (χ4v) is 1.81. The third-order valence-corrected chi connectivity index (χ3v) is 2.99. The van der Waals surface area contributed by atoms with Crippen molar-refractivity contribution in [2.45, 2.75) is 0 Å². The van der Waals surface area contributed by atoms with Crippen LogP contribution in [0.5, 0.6) is 0 Å². The van der Waals surface area contributed by atoms with Crippen molar-refractivity contribution in [1.82, 2.24) is 9.13 Å². The van der Waals surface area contributed by atoms with E-state index in [2.05, 4.69) is 0 Å². The Morgan fingerprint density at radius 3 is 2.31 bits per heavy atom. The van der Waals surface area contributed by atoms with Gasteiger partial charge >= 0.3 is 5.69 Å². The zero-order valence-corrected chi connectivity index (χ0v) is 9.99. The molecule has 2 aromatic rings. The minimum Gasteiger partial charge on any atom is -0.296 e. The summed E-state index contributed by atoms with van der Waals surface area (Å²) < 4.78 is 3.61. The van der Waals surface area contributed by atoms with Crippen molar-refractivity contribution in [2.24, 2.45) is 14.1 Å². The highest BCUT2D eigenvalue weighted by Gasteiger charge is 2.05. The van der Waals surface area contributed by atoms with E-state index in [0.717, 1.165) is 11.3 Å². The first-order chi connectivity index (χ1) is 7.61. The maximum absolute atomic E-state index is 11.8. The van der Waals surface area contributed by atoms with Gasteiger partial charge in [-0.25, -0.2) is 4.79 Å². The fourth-order valence-electron chi connectivity index (χ4n) is 1.62. The fraction of sp³-hybridized carbons (Fsp3) is 0.167. The Hall–Kier alpha value is -1.68. The summed E-state index contributed by atoms with van der Waals surface area (Å²) in [5.41, 5.74) is 1.73. The van der Waals surface area contributed by atoms with Crippen LogP contribution in [0.15, 0.2) is 41.2 Å². The number of benzene rings is 1. The van der Waals surface area contributed by atoms with Gasteiger partial charge in [0.05, 0.1) is 5.69 Å². The largest absolute Gasteiger partial charge is 0.329 e. The lowest BCUT2D eigenvalue weighted by Crippen LogP contribution is -2.28. The first-order valence-corrected chi connectivity index (χ1v) is 5.34. The quantitative estimate of drug-likeness (QED) is 0.704. The molecule has 16 heavy (non-hydrogen) atoms. The third kappa shape index (κ3) is 1.72. The molecule has 0 saturated carbocycles. The average molecular weight is 232 g/mol. The van der Waals surface area contributed by atoms with Crippen molar-refractivity contribution in [3.63, 3.8) is 0 Å². The van der Waals surface area contributed by atoms with Crippen molar-refractivity contribution in [3.05, 3.63) is 51.5 Å². The summed E-state index contributed by atoms with van der Waals surface area (Å²) in [5.74, 6) is 0. The molecule has 0 atom stereocenters. The van der Waals surface area contributed by atoms with Gasteiger partial charge in [0.15, 0.2) is 0 Å². The van der Waals surface area contributed by atoms with Crippen LogP contribution in [0.3, 0.4) is 0 Å². The second-order valence-electron chi connectivity index (χ2n) is 3.63. The molecule has 1 aromatic carbocycles. The molecule has 0 aliphatic carbocycles. The van der Waals surface area contributed by atoms with Crippen LogP contribution < -0.4 is 5.69 Å². The summed E-state index contributed by atoms with van der Waals surface area (Å²) in [6, 6.07) is 11.6. The Morgan fingerprint density at radius 1 is 1.06 bits per heavy atom. The van der Waals surface area contributed by atoms with Gasteiger partial charge in [0, 0.05) is 14.1 Å². The molecule has 0 saturated heterocycles. The van der Waals surface area contributed by atoms with Gasteiger partial charge in [0.1, 0.15) is 4.64 Å². The number of aromatic nitrogens is 2. The highest BCUT2D eigenvalue weighted by atomic mass is 32.1. The maximum Gasteiger partial charge on any atom is 0.329 e. The number of hydrogen-bond acceptors (Lipinski definition) is 2. The molecule has 0 unspecified atom stereocenters. The molecular weight excluding hydrogens is 220 g/mol. The molecular formula is C12H12N2OS. The normalized spacial score (nSPS) is 10.4. The van der Waals surface area contributed by atoms with Gasteiger partial charge in [0.2, 0.25) is 0 Å². The topological polar surface area (TPSA) is 26.9 Å². The van der Waals surface area contributed by atoms with Gasteiger partial charge < -0.3 is 0 Å². The molecule has 3 nitrogen and oxygen atoms in total. The molecule has 0 amide bonds. The van der Waals surface area contributed by atoms with Crippen LogP contribution in [-0.4, -0.2) is 9.13 Å². The summed E-state index contributed by atoms with van der Waals surface area (Å²) in [6.07, 6.45) is 0. The summed E-state index contributed by atoms with van der Waals surface area (Å²) in [6.45, 7) is 0. The predicted octanol–water partition coefficient (Wildman–Crippen LogP) is 2.12. The van der Waals surface area contributed by atoms with Gasteiger partial charge in [-0.2, -0.15) is 0 Å². The van der Waals surface area contributed by atoms with E-state index in [1.807, 2.05) is 36.4 Å². The Labute approximate surface area is 98.6 Å². The monoisotopic (exact) mass is 232 g/mol. The highest BCUT2D eigenvalue weighted by Crippen LogP contribution is 2.16. The zero-order chi connectivity index (χ0) is 11.7. The first-order valence-electron chi connectivity index (χ1n) is 4.94. The molecule has 0 aliphatic rings. The van der Waals surface area contributed by atoms with Gasteiger partial charge in [0.25, 0.3) is 0 Å². The smallest absolute Gasteiger partial charge is 0.296 e. The molecule has 2 rings (SSSR count). The predicted molar refractivity (Wildman–Crippen MR) is 66.9 cm³/mol. The Kier molecular flexibility index (Phi) is 2.75. The van der Waals surface area contributed by atoms with Crippen LogP contribution in [0.25, 0.3) is 11.3 Å². The van der Waals surface area contributed by atoms with Crippen LogP contribution in [-0.2, 0) is 14.1 Å². The van der Waals surface area contributed by atoms with Crippen LogP contribution in [0.1, 0.15) is 0 Å². The van der Waals surface area contributed by atoms with Crippen molar-refractivity contribution in [3.8, 4) is 11.3 Å². The number of hydrogen-bond donors (Lipinski definition) is 0. The molecule has 0 aliphatic heterocycles. The van der Waals surface area contributed by atoms with E-state index in [-0.39, 0.29) is 5.69 Å². The molecule has 0 fully saturated rings. The van der Waals surface area contributed by atoms with Crippen molar-refractivity contribution < 1.29 is 0 Å². The van der Waals surface area contributed by atoms with Crippen LogP contribution in [0.2, 0.25) is 0 Å². The Morgan fingerprint density at radius 2 is 1.69 bits per heavy atom. The van der Waals surface area contributed by atoms with Gasteiger partial charge in [-0.1, -0.05) is 42.5 Å². The molecule has 82 valence electrons. The average Bonchev–Trinajstić information content (AvgIpc) is 2.32. The molecule has 1 aromatic heterocycles. The maximum atomic E-state index is 11.8. The molecule has 4 heteroatoms. The van der Waals surface area contributed by atoms with E-state index in [1.165, 1.54) is 4.57 Å². The lowest BCUT2D eigenvalue weighted by atomic mass is 10.1. The Balaban J connectivity index is 2.78. The minimum absolute atomic E-state index is 0.105. The summed E-state index contributed by atoms with van der Waals surface area (Å²) >= 11 is 5.14. The standard InChI is InChI=1S/C12H12N2OS/c1-13-10(9-6-4-3-5-7-9)8-11(16)14(2)12(13)15/h3-8H,1-2H3. The van der Waals surface area contributed by atoms with Crippen molar-refractivity contribution in [2.75, 3.05) is 0 Å². The lowest BCUT2D eigenvalue weighted by molar-refractivity contribution is 0.705. The van der Waals surface area contributed by atoms with Crippen LogP contribution in [0.4, 0.5) is 0 Å². The summed E-state index contributed by atoms with van der Waals surface area (Å²) in [5, 5.41) is 0. The van der Waals surface area contributed by atoms with E-state index >= 15 is 0 Å². The minimum atomic E-state index is -0.105. The molecule has 1 heterocycles. The van der Waals surface area contributed by atoms with E-state index in [1.54, 1.807) is 18.7 Å². The van der Waals surface area contributed by atoms with Gasteiger partial charge in [-0.15, -0.1) is 0 Å². The lowest BCUT2D eigenvalue weighted by Gasteiger charge is -2.10. The Bertz CT molecular complexity index is 626. The van der Waals surface area contributed by atoms with Crippen molar-refractivity contribution in [1.29, 1.82) is 0 Å². The second kappa shape index (κ2) is 4.06. The second-order valence-corrected chi connectivity index (χ2v) is 4.05. The molecule has 0 spiro atoms. The van der Waals surface area contributed by atoms with Crippen LogP contribution in [0, 0.1) is 4.64 Å². The van der Waals surface area contributed by atoms with Gasteiger partial charge in [-0.05, 0) is 11.6 Å². The summed E-state index contributed by atoms with van der Waals surface area (Å²) in [7, 11) is 3.43. The third-order valence-electron chi connectivity index (χ3n) is 2.60. The van der Waals surface area contributed by atoms with Gasteiger partial charge in [-0.3, -0.25) is 9.13 Å². The van der Waals surface area contributed by atoms with E-state index in [4.69, 9.17) is 12.2 Å².